The van der Waals surface area contributed by atoms with Gasteiger partial charge in [0.15, 0.2) is 30.4 Å². The number of ether oxygens (including phenoxy) is 10. The van der Waals surface area contributed by atoms with E-state index in [0.717, 1.165) is 0 Å². The predicted octanol–water partition coefficient (Wildman–Crippen LogP) is 9.88. The molecule has 0 saturated carbocycles. The monoisotopic (exact) mass is 1290 g/mol. The van der Waals surface area contributed by atoms with Crippen LogP contribution in [-0.2, 0) is 68.3 Å². The number of benzene rings is 3. The number of Topliss-reactive ketones (excluding diaryl/α,β-unsaturated/α-hetero) is 1. The molecule has 8 rings (SSSR count). The van der Waals surface area contributed by atoms with Crippen molar-refractivity contribution in [3.05, 3.63) is 102 Å². The molecule has 22 nitrogen and oxygen atoms in total. The minimum absolute atomic E-state index is 0.00371. The molecule has 1 aromatic heterocycles. The largest absolute Gasteiger partial charge is 0.471 e. The van der Waals surface area contributed by atoms with Gasteiger partial charge in [-0.2, -0.15) is 13.2 Å². The number of rotatable bonds is 19. The number of nitrogens with one attached hydrogen (secondary N) is 1. The zero-order valence-corrected chi connectivity index (χ0v) is 54.9. The van der Waals surface area contributed by atoms with Gasteiger partial charge in [-0.3, -0.25) is 19.1 Å². The Bertz CT molecular complexity index is 3200. The molecule has 5 heterocycles. The Morgan fingerprint density at radius 1 is 0.761 bits per heavy atom. The van der Waals surface area contributed by atoms with Crippen LogP contribution in [0.3, 0.4) is 0 Å². The molecular formula is C67H89F3N6O16. The number of hydrogen-bond donors (Lipinski definition) is 1. The number of anilines is 1. The lowest BCUT2D eigenvalue weighted by molar-refractivity contribution is -0.318. The molecular weight excluding hydrogens is 1200 g/mol. The van der Waals surface area contributed by atoms with E-state index in [-0.39, 0.29) is 37.3 Å². The number of halogens is 3. The number of likely N-dealkylation sites (N-methyl/N-ethyl adjacent to an activating group) is 1. The summed E-state index contributed by atoms with van der Waals surface area (Å²) in [5.41, 5.74) is -2.93. The van der Waals surface area contributed by atoms with Crippen LogP contribution in [-0.4, -0.2) is 186 Å². The average molecular weight is 1290 g/mol. The number of alkyl halides is 3. The molecule has 0 aliphatic carbocycles. The molecule has 92 heavy (non-hydrogen) atoms. The number of nitrogens with zero attached hydrogens (tertiary/aromatic N) is 5. The predicted molar refractivity (Wildman–Crippen MR) is 328 cm³/mol. The molecule has 2 unspecified atom stereocenters. The number of cyclic esters (lactones) is 1. The fraction of sp³-hybridized carbons (Fsp3) is 0.612. The fourth-order valence-electron chi connectivity index (χ4n) is 13.8. The van der Waals surface area contributed by atoms with E-state index < -0.39 is 144 Å². The zero-order chi connectivity index (χ0) is 67.2. The van der Waals surface area contributed by atoms with E-state index in [2.05, 4.69) is 10.3 Å². The van der Waals surface area contributed by atoms with E-state index >= 15 is 9.59 Å². The van der Waals surface area contributed by atoms with E-state index in [1.165, 1.54) is 37.3 Å². The summed E-state index contributed by atoms with van der Waals surface area (Å²) in [6.45, 7) is 18.1. The Kier molecular flexibility index (Phi) is 22.8. The van der Waals surface area contributed by atoms with Gasteiger partial charge in [-0.1, -0.05) is 81.4 Å². The van der Waals surface area contributed by atoms with Crippen LogP contribution in [0, 0.1) is 23.7 Å². The molecule has 2 amide bonds. The summed E-state index contributed by atoms with van der Waals surface area (Å²) in [5.74, 6) is -8.10. The molecule has 18 atom stereocenters. The van der Waals surface area contributed by atoms with Crippen molar-refractivity contribution in [1.29, 1.82) is 0 Å². The van der Waals surface area contributed by atoms with Gasteiger partial charge in [0, 0.05) is 62.7 Å². The van der Waals surface area contributed by atoms with Crippen molar-refractivity contribution in [2.24, 2.45) is 23.7 Å². The molecule has 4 aliphatic heterocycles. The highest BCUT2D eigenvalue weighted by molar-refractivity contribution is 5.95. The maximum Gasteiger partial charge on any atom is 0.471 e. The van der Waals surface area contributed by atoms with E-state index in [0.29, 0.717) is 48.2 Å². The second kappa shape index (κ2) is 29.6. The van der Waals surface area contributed by atoms with Crippen molar-refractivity contribution in [1.82, 2.24) is 24.8 Å². The summed E-state index contributed by atoms with van der Waals surface area (Å²) in [6.07, 6.45) is -11.8. The van der Waals surface area contributed by atoms with Crippen molar-refractivity contribution in [2.75, 3.05) is 40.2 Å². The number of aromatic nitrogens is 3. The summed E-state index contributed by atoms with van der Waals surface area (Å²) < 4.78 is 107. The average Bonchev–Trinajstić information content (AvgIpc) is 1.49. The molecule has 0 spiro atoms. The summed E-state index contributed by atoms with van der Waals surface area (Å²) in [4.78, 5) is 88.3. The van der Waals surface area contributed by atoms with Crippen molar-refractivity contribution in [3.8, 4) is 11.3 Å². The quantitative estimate of drug-likeness (QED) is 0.0521. The second-order valence-electron chi connectivity index (χ2n) is 25.7. The number of ketones is 1. The third kappa shape index (κ3) is 15.8. The summed E-state index contributed by atoms with van der Waals surface area (Å²) in [5, 5.41) is 10.3. The van der Waals surface area contributed by atoms with Crippen LogP contribution in [0.15, 0.2) is 91.1 Å². The summed E-state index contributed by atoms with van der Waals surface area (Å²) in [6, 6.07) is 21.5. The van der Waals surface area contributed by atoms with Crippen LogP contribution >= 0.6 is 0 Å². The van der Waals surface area contributed by atoms with Crippen molar-refractivity contribution in [2.45, 2.75) is 205 Å². The van der Waals surface area contributed by atoms with Gasteiger partial charge in [0.05, 0.1) is 65.3 Å². The molecule has 4 fully saturated rings. The molecule has 0 bridgehead atoms. The van der Waals surface area contributed by atoms with Gasteiger partial charge in [0.2, 0.25) is 0 Å². The number of aryl methyl sites for hydroxylation is 1. The smallest absolute Gasteiger partial charge is 0.458 e. The third-order valence-electron chi connectivity index (χ3n) is 18.8. The van der Waals surface area contributed by atoms with Crippen LogP contribution in [0.2, 0.25) is 0 Å². The molecule has 0 radical (unpaired) electrons. The maximum absolute atomic E-state index is 15.5. The van der Waals surface area contributed by atoms with E-state index in [1.807, 2.05) is 38.2 Å². The first-order valence-electron chi connectivity index (χ1n) is 31.5. The Morgan fingerprint density at radius 3 is 1.99 bits per heavy atom. The zero-order valence-electron chi connectivity index (χ0n) is 54.9. The first-order valence-corrected chi connectivity index (χ1v) is 31.5. The number of hydrogen-bond acceptors (Lipinski definition) is 19. The Balaban J connectivity index is 1.13. The van der Waals surface area contributed by atoms with Crippen LogP contribution in [0.4, 0.5) is 23.7 Å². The van der Waals surface area contributed by atoms with Gasteiger partial charge in [-0.25, -0.2) is 14.4 Å². The number of unbranched alkanes of at least 4 members (excludes halogenated alkanes) is 1. The first kappa shape index (κ1) is 71.0. The molecule has 1 N–H and O–H groups in total. The second-order valence-corrected chi connectivity index (χ2v) is 25.7. The van der Waals surface area contributed by atoms with Gasteiger partial charge in [-0.15, -0.1) is 5.10 Å². The molecule has 4 aliphatic rings. The number of esters is 3. The number of methoxy groups -OCH3 is 2. The minimum Gasteiger partial charge on any atom is -0.458 e. The van der Waals surface area contributed by atoms with E-state index in [4.69, 9.17) is 47.4 Å². The van der Waals surface area contributed by atoms with Crippen molar-refractivity contribution >= 4 is 41.4 Å². The third-order valence-corrected chi connectivity index (χ3v) is 18.8. The Morgan fingerprint density at radius 2 is 1.38 bits per heavy atom. The van der Waals surface area contributed by atoms with Crippen LogP contribution in [0.25, 0.3) is 11.3 Å². The highest BCUT2D eigenvalue weighted by Crippen LogP contribution is 2.46. The van der Waals surface area contributed by atoms with Gasteiger partial charge in [-0.05, 0) is 124 Å². The highest BCUT2D eigenvalue weighted by atomic mass is 19.4. The number of amides is 2. The van der Waals surface area contributed by atoms with Gasteiger partial charge >= 0.3 is 36.1 Å². The standard InChI is InChI=1S/C67H89F3N6O16/c1-15-50-66(10)55(76(63(82)92-66)32-23-22-31-75-37-48(72-73-75)46-29-24-30-47(34-46)71-62(81)67(68,69)70)40(4)52(77)38(2)35-64(8,83-13)56(91-61-54(49(74(11)12)33-39(3)85-61)89-59(79)44-25-18-16-19-26-44)41(5)53(42(6)58(78)87-50)88-51-36-65(9,84-14)57(43(7)86-51)90-60(80)45-27-20-17-21-28-45/h16-21,24-30,34,37-43,49-51,53-57,61H,15,22-23,31-33,35-36H2,1-14H3,(H,71,81)/t38-,39-,40+,41+,42-,43+,49?,50-,51+,53+,54-,55?,56-,57+,61+,64+,65-,66-/m1/s1. The highest BCUT2D eigenvalue weighted by Gasteiger charge is 2.61. The lowest BCUT2D eigenvalue weighted by Gasteiger charge is -2.50. The molecule has 3 aromatic carbocycles. The van der Waals surface area contributed by atoms with Gasteiger partial charge in [0.1, 0.15) is 23.2 Å². The molecule has 25 heteroatoms. The van der Waals surface area contributed by atoms with Crippen LogP contribution in [0.5, 0.6) is 0 Å². The minimum atomic E-state index is -5.08. The Labute approximate surface area is 535 Å². The van der Waals surface area contributed by atoms with Crippen molar-refractivity contribution < 1.29 is 89.3 Å². The lowest BCUT2D eigenvalue weighted by Crippen LogP contribution is -2.62. The molecule has 504 valence electrons. The van der Waals surface area contributed by atoms with Crippen molar-refractivity contribution in [3.63, 3.8) is 0 Å². The first-order chi connectivity index (χ1) is 43.4. The topological polar surface area (TPSA) is 244 Å². The molecule has 4 aromatic rings. The van der Waals surface area contributed by atoms with E-state index in [1.54, 1.807) is 133 Å². The maximum atomic E-state index is 15.5. The molecule has 4 saturated heterocycles. The normalized spacial score (nSPS) is 33.3. The van der Waals surface area contributed by atoms with Gasteiger partial charge < -0.3 is 62.5 Å². The lowest BCUT2D eigenvalue weighted by atomic mass is 9.73. The number of carbonyl (C=O) groups excluding carboxylic acids is 6. The summed E-state index contributed by atoms with van der Waals surface area (Å²) in [7, 11) is 6.76. The van der Waals surface area contributed by atoms with E-state index in [9.17, 15) is 32.3 Å². The fourth-order valence-corrected chi connectivity index (χ4v) is 13.8. The van der Waals surface area contributed by atoms with Crippen LogP contribution < -0.4 is 5.32 Å². The SMILES string of the molecule is CC[C@H]1OC(=O)[C@H](C)[C@@H](O[C@H]2C[C@@](C)(OC)[C@@H](OC(=O)c3ccccc3)[C@H](C)O2)[C@H](C)[C@@H](O[C@@H]2O[C@H](C)CC(N(C)C)[C@H]2OC(=O)c2ccccc2)[C@@](C)(OC)C[C@@H](C)C(=O)[C@H](C)C2N(CCCCn3cc(-c4cccc(NC(=O)C(F)(F)F)c4)nn3)C(=O)O[C@@]21C. The van der Waals surface area contributed by atoms with Crippen LogP contribution in [0.1, 0.15) is 128 Å². The number of fused-ring (bicyclic) bond motifs is 1. The Hall–Kier alpha value is -6.87. The summed E-state index contributed by atoms with van der Waals surface area (Å²) >= 11 is 0. The number of carbonyl (C=O) groups is 6. The van der Waals surface area contributed by atoms with Gasteiger partial charge in [0.25, 0.3) is 0 Å².